The summed E-state index contributed by atoms with van der Waals surface area (Å²) >= 11 is 0.510. The summed E-state index contributed by atoms with van der Waals surface area (Å²) in [6.07, 6.45) is -4.84. The van der Waals surface area contributed by atoms with Crippen LogP contribution in [0.1, 0.15) is 64.2 Å². The molecule has 1 aromatic rings. The molecule has 374 valence electrons. The largest absolute Gasteiger partial charge is 0.481 e. The molecule has 0 fully saturated rings. The van der Waals surface area contributed by atoms with Gasteiger partial charge in [0.2, 0.25) is 50.8 Å². The molecule has 67 heavy (non-hydrogen) atoms. The number of nitrogens with one attached hydrogen (secondary N) is 7. The van der Waals surface area contributed by atoms with Gasteiger partial charge < -0.3 is 67.9 Å². The van der Waals surface area contributed by atoms with Crippen LogP contribution in [-0.2, 0) is 67.6 Å². The van der Waals surface area contributed by atoms with Crippen LogP contribution in [0.15, 0.2) is 4.34 Å². The van der Waals surface area contributed by atoms with Crippen molar-refractivity contribution in [2.75, 3.05) is 30.0 Å². The van der Waals surface area contributed by atoms with Gasteiger partial charge in [0.25, 0.3) is 10.0 Å². The second-order valence-electron chi connectivity index (χ2n) is 13.6. The number of nitrogens with two attached hydrogens (primary N) is 1. The van der Waals surface area contributed by atoms with Crippen molar-refractivity contribution >= 4 is 119 Å². The van der Waals surface area contributed by atoms with E-state index in [4.69, 9.17) is 10.2 Å². The molecular formula is C33H48N10O20S4. The second-order valence-corrected chi connectivity index (χ2v) is 18.9. The van der Waals surface area contributed by atoms with E-state index in [0.29, 0.717) is 24.2 Å². The Hall–Kier alpha value is -6.23. The predicted octanol–water partition coefficient (Wildman–Crippen LogP) is -4.64. The Bertz CT molecular complexity index is 2090. The highest BCUT2D eigenvalue weighted by Crippen LogP contribution is 2.21. The Morgan fingerprint density at radius 1 is 0.567 bits per heavy atom. The van der Waals surface area contributed by atoms with Crippen molar-refractivity contribution in [2.24, 2.45) is 5.14 Å². The van der Waals surface area contributed by atoms with E-state index in [2.05, 4.69) is 26.1 Å². The van der Waals surface area contributed by atoms with E-state index < -0.39 is 141 Å². The number of amides is 7. The Labute approximate surface area is 390 Å². The monoisotopic (exact) mass is 1030 g/mol. The summed E-state index contributed by atoms with van der Waals surface area (Å²) in [5.74, 6) is -16.3. The van der Waals surface area contributed by atoms with Crippen molar-refractivity contribution in [3.8, 4) is 0 Å². The Kier molecular flexibility index (Phi) is 26.4. The zero-order chi connectivity index (χ0) is 50.9. The summed E-state index contributed by atoms with van der Waals surface area (Å²) in [5, 5.41) is 82.2. The summed E-state index contributed by atoms with van der Waals surface area (Å²) in [4.78, 5) is 148. The molecule has 1 heterocycles. The minimum Gasteiger partial charge on any atom is -0.481 e. The number of aromatic nitrogens is 2. The molecule has 0 bridgehead atoms. The fourth-order valence-corrected chi connectivity index (χ4v) is 8.24. The molecule has 0 radical (unpaired) electrons. The number of carboxylic acids is 5. The van der Waals surface area contributed by atoms with E-state index in [1.807, 2.05) is 21.3 Å². The van der Waals surface area contributed by atoms with Gasteiger partial charge in [-0.05, 0) is 12.8 Å². The molecule has 0 aromatic carbocycles. The molecule has 0 unspecified atom stereocenters. The average molecular weight is 1030 g/mol. The number of carbonyl (C=O) groups is 12. The highest BCUT2D eigenvalue weighted by Gasteiger charge is 2.35. The van der Waals surface area contributed by atoms with Crippen LogP contribution in [-0.4, -0.2) is 175 Å². The molecule has 1 aromatic heterocycles. The first-order valence-corrected chi connectivity index (χ1v) is 24.1. The van der Waals surface area contributed by atoms with Gasteiger partial charge in [-0.3, -0.25) is 52.7 Å². The first-order chi connectivity index (χ1) is 31.3. The molecule has 30 nitrogen and oxygen atoms in total. The van der Waals surface area contributed by atoms with Crippen molar-refractivity contribution in [2.45, 2.75) is 98.8 Å². The minimum absolute atomic E-state index is 0.111. The number of anilines is 1. The molecule has 0 aliphatic heterocycles. The predicted molar refractivity (Wildman–Crippen MR) is 229 cm³/mol. The highest BCUT2D eigenvalue weighted by atomic mass is 33.1. The zero-order valence-corrected chi connectivity index (χ0v) is 38.1. The average Bonchev–Trinajstić information content (AvgIpc) is 3.70. The number of rotatable bonds is 34. The first-order valence-electron chi connectivity index (χ1n) is 19.2. The van der Waals surface area contributed by atoms with Gasteiger partial charge in [0.15, 0.2) is 0 Å². The van der Waals surface area contributed by atoms with Crippen molar-refractivity contribution in [1.29, 1.82) is 0 Å². The molecule has 0 aliphatic rings. The fraction of sp³-hybridized carbons (Fsp3) is 0.576. The standard InChI is InChI=1S/C33H48N10O20S4/c34-67(62,63)33-43-42-32(66-33)41-22(47)6-5-20(45)35-7-3-1-2-4-21(46)36-15(10-23(48)49)27(56)37-16(11-24(50)51)28(57)38-17(12-25(52)53)29(58)39-18(13-26(54)55)30(59)40-19(31(60)61)14-65-64-9-8-44/h15-19,44H,1-14H2,(H,35,45)(H,36,46)(H,37,56)(H,38,57)(H,39,58)(H,40,59)(H,48,49)(H,50,51)(H,52,53)(H,54,55)(H,60,61)(H2,34,62,63)(H,41,42,47)/t15-,16-,17-,18-,19-/m0/s1. The maximum absolute atomic E-state index is 13.3. The topological polar surface area (TPSA) is 496 Å². The summed E-state index contributed by atoms with van der Waals surface area (Å²) < 4.78 is 22.0. The smallest absolute Gasteiger partial charge is 0.327 e. The number of aliphatic hydroxyl groups excluding tert-OH is 1. The van der Waals surface area contributed by atoms with E-state index in [-0.39, 0.29) is 55.5 Å². The molecule has 7 amide bonds. The zero-order valence-electron chi connectivity index (χ0n) is 34.8. The van der Waals surface area contributed by atoms with Crippen LogP contribution in [0.3, 0.4) is 0 Å². The summed E-state index contributed by atoms with van der Waals surface area (Å²) in [7, 11) is -2.14. The van der Waals surface area contributed by atoms with Gasteiger partial charge in [0.05, 0.1) is 32.3 Å². The number of sulfonamides is 1. The quantitative estimate of drug-likeness (QED) is 0.0175. The molecule has 15 N–H and O–H groups in total. The third kappa shape index (κ3) is 25.3. The van der Waals surface area contributed by atoms with Crippen molar-refractivity contribution < 1.29 is 96.6 Å². The van der Waals surface area contributed by atoms with Crippen molar-refractivity contribution in [1.82, 2.24) is 42.1 Å². The molecular weight excluding hydrogens is 985 g/mol. The van der Waals surface area contributed by atoms with Crippen LogP contribution in [0.5, 0.6) is 0 Å². The molecule has 34 heteroatoms. The molecule has 1 rings (SSSR count). The number of hydrogen-bond donors (Lipinski definition) is 14. The van der Waals surface area contributed by atoms with Crippen LogP contribution < -0.4 is 42.4 Å². The highest BCUT2D eigenvalue weighted by molar-refractivity contribution is 8.76. The van der Waals surface area contributed by atoms with Crippen molar-refractivity contribution in [3.05, 3.63) is 0 Å². The van der Waals surface area contributed by atoms with Gasteiger partial charge in [-0.25, -0.2) is 18.4 Å². The van der Waals surface area contributed by atoms with Gasteiger partial charge in [0, 0.05) is 37.3 Å². The minimum atomic E-state index is -4.12. The summed E-state index contributed by atoms with van der Waals surface area (Å²) in [5.41, 5.74) is 0. The Morgan fingerprint density at radius 2 is 1.01 bits per heavy atom. The lowest BCUT2D eigenvalue weighted by molar-refractivity contribution is -0.145. The lowest BCUT2D eigenvalue weighted by Gasteiger charge is -2.25. The molecule has 5 atom stereocenters. The second kappa shape index (κ2) is 30.1. The van der Waals surface area contributed by atoms with E-state index in [9.17, 15) is 91.5 Å². The first kappa shape index (κ1) is 58.8. The Morgan fingerprint density at radius 3 is 1.43 bits per heavy atom. The van der Waals surface area contributed by atoms with E-state index in [1.54, 1.807) is 0 Å². The van der Waals surface area contributed by atoms with Gasteiger partial charge in [0.1, 0.15) is 30.2 Å². The number of unbranched alkanes of at least 4 members (excludes halogenated alkanes) is 2. The van der Waals surface area contributed by atoms with Gasteiger partial charge in [-0.15, -0.1) is 10.2 Å². The fourth-order valence-electron chi connectivity index (χ4n) is 4.97. The van der Waals surface area contributed by atoms with Crippen LogP contribution in [0.4, 0.5) is 5.13 Å². The van der Waals surface area contributed by atoms with Crippen LogP contribution in [0.2, 0.25) is 0 Å². The van der Waals surface area contributed by atoms with Crippen LogP contribution >= 0.6 is 32.9 Å². The normalized spacial score (nSPS) is 13.2. The number of aliphatic carboxylic acids is 5. The van der Waals surface area contributed by atoms with Gasteiger partial charge in [-0.1, -0.05) is 39.3 Å². The molecule has 0 spiro atoms. The number of carboxylic acid groups (broad SMARTS) is 5. The third-order valence-corrected chi connectivity index (χ3v) is 12.6. The SMILES string of the molecule is NS(=O)(=O)c1nnc(NC(=O)CCC(=O)NCCCCCC(=O)N[C@@H](CC(=O)O)C(=O)N[C@@H](CC(=O)O)C(=O)N[C@@H](CC(=O)O)C(=O)N[C@@H](CC(=O)O)C(=O)N[C@@H](CSSCCO)C(=O)O)s1. The number of hydrogen-bond acceptors (Lipinski definition) is 20. The molecule has 0 saturated heterocycles. The Balaban J connectivity index is 2.87. The van der Waals surface area contributed by atoms with E-state index >= 15 is 0 Å². The van der Waals surface area contributed by atoms with Crippen LogP contribution in [0.25, 0.3) is 0 Å². The number of primary sulfonamides is 1. The lowest BCUT2D eigenvalue weighted by atomic mass is 10.1. The molecule has 0 saturated carbocycles. The van der Waals surface area contributed by atoms with Crippen molar-refractivity contribution in [3.63, 3.8) is 0 Å². The maximum atomic E-state index is 13.3. The lowest BCUT2D eigenvalue weighted by Crippen LogP contribution is -2.59. The van der Waals surface area contributed by atoms with E-state index in [0.717, 1.165) is 21.6 Å². The maximum Gasteiger partial charge on any atom is 0.327 e. The summed E-state index contributed by atoms with van der Waals surface area (Å²) in [6, 6.07) is -9.96. The third-order valence-electron chi connectivity index (χ3n) is 8.05. The number of aliphatic hydroxyl groups is 1. The summed E-state index contributed by atoms with van der Waals surface area (Å²) in [6.45, 7) is -0.131. The molecule has 0 aliphatic carbocycles. The number of nitrogens with zero attached hydrogens (tertiary/aromatic N) is 2. The van der Waals surface area contributed by atoms with Crippen LogP contribution in [0, 0.1) is 0 Å². The van der Waals surface area contributed by atoms with Gasteiger partial charge in [-0.2, -0.15) is 0 Å². The van der Waals surface area contributed by atoms with Gasteiger partial charge >= 0.3 is 29.8 Å². The number of carbonyl (C=O) groups excluding carboxylic acids is 7. The van der Waals surface area contributed by atoms with E-state index in [1.165, 1.54) is 0 Å².